The quantitative estimate of drug-likeness (QED) is 0.740. The average molecular weight is 263 g/mol. The van der Waals surface area contributed by atoms with Gasteiger partial charge in [0.15, 0.2) is 0 Å². The maximum atomic E-state index is 12.0. The lowest BCUT2D eigenvalue weighted by molar-refractivity contribution is 0.0916. The fraction of sp³-hybridized carbons (Fsp3) is 0.400. The summed E-state index contributed by atoms with van der Waals surface area (Å²) in [6.07, 6.45) is 1.67. The molecule has 0 aromatic heterocycles. The van der Waals surface area contributed by atoms with E-state index in [1.54, 1.807) is 30.3 Å². The number of nitrogens with one attached hydrogen (secondary N) is 1. The molecule has 4 heteroatoms. The molecule has 19 heavy (non-hydrogen) atoms. The standard InChI is InChI=1S/C15H21NO3/c1-4-9-19-14-7-5-13(6-8-14)15(18)16-12(3)11(2)10-17/h4-8,11-12,17H,1,9-10H2,2-3H3,(H,16,18). The van der Waals surface area contributed by atoms with Crippen LogP contribution in [0.3, 0.4) is 0 Å². The van der Waals surface area contributed by atoms with Crippen LogP contribution in [-0.2, 0) is 0 Å². The zero-order valence-corrected chi connectivity index (χ0v) is 11.4. The number of benzene rings is 1. The highest BCUT2D eigenvalue weighted by atomic mass is 16.5. The molecule has 2 N–H and O–H groups in total. The molecule has 0 saturated carbocycles. The van der Waals surface area contributed by atoms with E-state index in [0.29, 0.717) is 17.9 Å². The highest BCUT2D eigenvalue weighted by Gasteiger charge is 2.14. The molecule has 1 aromatic carbocycles. The zero-order valence-electron chi connectivity index (χ0n) is 11.4. The van der Waals surface area contributed by atoms with Gasteiger partial charge in [0.1, 0.15) is 12.4 Å². The number of amides is 1. The topological polar surface area (TPSA) is 58.6 Å². The smallest absolute Gasteiger partial charge is 0.251 e. The van der Waals surface area contributed by atoms with Gasteiger partial charge >= 0.3 is 0 Å². The number of hydrogen-bond acceptors (Lipinski definition) is 3. The van der Waals surface area contributed by atoms with Crippen molar-refractivity contribution in [2.75, 3.05) is 13.2 Å². The monoisotopic (exact) mass is 263 g/mol. The van der Waals surface area contributed by atoms with E-state index in [-0.39, 0.29) is 24.5 Å². The van der Waals surface area contributed by atoms with E-state index in [0.717, 1.165) is 0 Å². The van der Waals surface area contributed by atoms with Gasteiger partial charge in [-0.2, -0.15) is 0 Å². The predicted octanol–water partition coefficient (Wildman–Crippen LogP) is 2.00. The Hall–Kier alpha value is -1.81. The summed E-state index contributed by atoms with van der Waals surface area (Å²) in [6, 6.07) is 6.85. The molecule has 0 heterocycles. The Morgan fingerprint density at radius 2 is 2.05 bits per heavy atom. The summed E-state index contributed by atoms with van der Waals surface area (Å²) >= 11 is 0. The average Bonchev–Trinajstić information content (AvgIpc) is 2.44. The third-order valence-electron chi connectivity index (χ3n) is 2.98. The van der Waals surface area contributed by atoms with Crippen molar-refractivity contribution in [3.63, 3.8) is 0 Å². The van der Waals surface area contributed by atoms with Crippen LogP contribution < -0.4 is 10.1 Å². The summed E-state index contributed by atoms with van der Waals surface area (Å²) in [5, 5.41) is 11.9. The maximum absolute atomic E-state index is 12.0. The normalized spacial score (nSPS) is 13.4. The molecule has 1 aromatic rings. The third kappa shape index (κ3) is 4.75. The van der Waals surface area contributed by atoms with E-state index in [2.05, 4.69) is 11.9 Å². The minimum Gasteiger partial charge on any atom is -0.490 e. The first-order chi connectivity index (χ1) is 9.08. The van der Waals surface area contributed by atoms with Crippen LogP contribution in [0.25, 0.3) is 0 Å². The molecule has 0 bridgehead atoms. The van der Waals surface area contributed by atoms with E-state index in [1.807, 2.05) is 13.8 Å². The van der Waals surface area contributed by atoms with Gasteiger partial charge in [0.25, 0.3) is 5.91 Å². The minimum atomic E-state index is -0.150. The van der Waals surface area contributed by atoms with Crippen molar-refractivity contribution in [2.24, 2.45) is 5.92 Å². The Labute approximate surface area is 114 Å². The number of carbonyl (C=O) groups excluding carboxylic acids is 1. The molecule has 0 aliphatic rings. The number of carbonyl (C=O) groups is 1. The molecule has 0 aliphatic heterocycles. The van der Waals surface area contributed by atoms with Gasteiger partial charge in [0.05, 0.1) is 0 Å². The summed E-state index contributed by atoms with van der Waals surface area (Å²) < 4.78 is 5.34. The van der Waals surface area contributed by atoms with E-state index in [1.165, 1.54) is 0 Å². The minimum absolute atomic E-state index is 0.0270. The lowest BCUT2D eigenvalue weighted by Gasteiger charge is -2.19. The van der Waals surface area contributed by atoms with Crippen LogP contribution in [0.2, 0.25) is 0 Å². The predicted molar refractivity (Wildman–Crippen MR) is 75.3 cm³/mol. The number of ether oxygens (including phenoxy) is 1. The molecule has 2 unspecified atom stereocenters. The molecule has 0 spiro atoms. The molecule has 1 rings (SSSR count). The highest BCUT2D eigenvalue weighted by molar-refractivity contribution is 5.94. The van der Waals surface area contributed by atoms with Crippen molar-refractivity contribution < 1.29 is 14.6 Å². The van der Waals surface area contributed by atoms with Crippen molar-refractivity contribution in [1.82, 2.24) is 5.32 Å². The second kappa shape index (κ2) is 7.59. The van der Waals surface area contributed by atoms with Crippen LogP contribution in [-0.4, -0.2) is 30.3 Å². The molecule has 0 saturated heterocycles. The summed E-state index contributed by atoms with van der Waals surface area (Å²) in [6.45, 7) is 7.82. The van der Waals surface area contributed by atoms with Crippen molar-refractivity contribution in [2.45, 2.75) is 19.9 Å². The van der Waals surface area contributed by atoms with Crippen molar-refractivity contribution in [3.05, 3.63) is 42.5 Å². The molecule has 2 atom stereocenters. The summed E-state index contributed by atoms with van der Waals surface area (Å²) in [4.78, 5) is 12.0. The van der Waals surface area contributed by atoms with E-state index in [9.17, 15) is 4.79 Å². The van der Waals surface area contributed by atoms with Gasteiger partial charge in [-0.05, 0) is 37.1 Å². The first-order valence-electron chi connectivity index (χ1n) is 6.34. The van der Waals surface area contributed by atoms with Gasteiger partial charge in [-0.25, -0.2) is 0 Å². The van der Waals surface area contributed by atoms with Crippen LogP contribution in [0.1, 0.15) is 24.2 Å². The summed E-state index contributed by atoms with van der Waals surface area (Å²) in [5.41, 5.74) is 0.572. The first kappa shape index (κ1) is 15.2. The van der Waals surface area contributed by atoms with Crippen LogP contribution in [0.4, 0.5) is 0 Å². The van der Waals surface area contributed by atoms with E-state index >= 15 is 0 Å². The van der Waals surface area contributed by atoms with E-state index < -0.39 is 0 Å². The van der Waals surface area contributed by atoms with Crippen LogP contribution in [0, 0.1) is 5.92 Å². The highest BCUT2D eigenvalue weighted by Crippen LogP contribution is 2.12. The Morgan fingerprint density at radius 3 is 2.58 bits per heavy atom. The molecule has 104 valence electrons. The maximum Gasteiger partial charge on any atom is 0.251 e. The van der Waals surface area contributed by atoms with Gasteiger partial charge in [-0.1, -0.05) is 19.6 Å². The second-order valence-corrected chi connectivity index (χ2v) is 4.55. The number of hydrogen-bond donors (Lipinski definition) is 2. The van der Waals surface area contributed by atoms with Gasteiger partial charge < -0.3 is 15.2 Å². The molecule has 0 radical (unpaired) electrons. The number of aliphatic hydroxyl groups excluding tert-OH is 1. The molecule has 0 fully saturated rings. The molecular formula is C15H21NO3. The second-order valence-electron chi connectivity index (χ2n) is 4.55. The van der Waals surface area contributed by atoms with Gasteiger partial charge in [-0.15, -0.1) is 0 Å². The number of aliphatic hydroxyl groups is 1. The van der Waals surface area contributed by atoms with Gasteiger partial charge in [-0.3, -0.25) is 4.79 Å². The number of rotatable bonds is 7. The third-order valence-corrected chi connectivity index (χ3v) is 2.98. The van der Waals surface area contributed by atoms with Crippen molar-refractivity contribution >= 4 is 5.91 Å². The Balaban J connectivity index is 2.60. The molecular weight excluding hydrogens is 242 g/mol. The molecule has 1 amide bonds. The Kier molecular flexibility index (Phi) is 6.09. The molecule has 0 aliphatic carbocycles. The van der Waals surface area contributed by atoms with Crippen LogP contribution in [0.5, 0.6) is 5.75 Å². The largest absolute Gasteiger partial charge is 0.490 e. The van der Waals surface area contributed by atoms with Gasteiger partial charge in [0, 0.05) is 18.2 Å². The lowest BCUT2D eigenvalue weighted by Crippen LogP contribution is -2.38. The molecule has 4 nitrogen and oxygen atoms in total. The van der Waals surface area contributed by atoms with Crippen LogP contribution >= 0.6 is 0 Å². The Bertz CT molecular complexity index is 414. The zero-order chi connectivity index (χ0) is 14.3. The van der Waals surface area contributed by atoms with Crippen molar-refractivity contribution in [1.29, 1.82) is 0 Å². The van der Waals surface area contributed by atoms with Crippen molar-refractivity contribution in [3.8, 4) is 5.75 Å². The Morgan fingerprint density at radius 1 is 1.42 bits per heavy atom. The summed E-state index contributed by atoms with van der Waals surface area (Å²) in [7, 11) is 0. The fourth-order valence-electron chi connectivity index (χ4n) is 1.45. The summed E-state index contributed by atoms with van der Waals surface area (Å²) in [5.74, 6) is 0.579. The SMILES string of the molecule is C=CCOc1ccc(C(=O)NC(C)C(C)CO)cc1. The first-order valence-corrected chi connectivity index (χ1v) is 6.34. The van der Waals surface area contributed by atoms with Crippen LogP contribution in [0.15, 0.2) is 36.9 Å². The fourth-order valence-corrected chi connectivity index (χ4v) is 1.45. The van der Waals surface area contributed by atoms with Gasteiger partial charge in [0.2, 0.25) is 0 Å². The lowest BCUT2D eigenvalue weighted by atomic mass is 10.0. The van der Waals surface area contributed by atoms with E-state index in [4.69, 9.17) is 9.84 Å².